The van der Waals surface area contributed by atoms with Gasteiger partial charge in [-0.25, -0.2) is 4.98 Å². The second kappa shape index (κ2) is 4.55. The van der Waals surface area contributed by atoms with Crippen LogP contribution in [0.2, 0.25) is 0 Å². The molecule has 0 atom stereocenters. The Balaban J connectivity index is 1.91. The SMILES string of the molecule is CCC1CC(Oc2ccc(C(F)(F)F)nc2)C1. The standard InChI is InChI=1S/C12H14F3NO/c1-2-8-5-10(6-8)17-9-3-4-11(16-7-9)12(13,14)15/h3-4,7-8,10H,2,5-6H2,1H3. The molecule has 1 fully saturated rings. The molecular formula is C12H14F3NO. The molecule has 0 unspecified atom stereocenters. The lowest BCUT2D eigenvalue weighted by atomic mass is 9.80. The second-order valence-electron chi connectivity index (χ2n) is 4.36. The molecule has 0 radical (unpaired) electrons. The van der Waals surface area contributed by atoms with E-state index >= 15 is 0 Å². The van der Waals surface area contributed by atoms with E-state index in [1.165, 1.54) is 6.07 Å². The van der Waals surface area contributed by atoms with Gasteiger partial charge in [-0.1, -0.05) is 13.3 Å². The summed E-state index contributed by atoms with van der Waals surface area (Å²) in [4.78, 5) is 3.35. The number of nitrogens with zero attached hydrogens (tertiary/aromatic N) is 1. The van der Waals surface area contributed by atoms with Crippen LogP contribution < -0.4 is 4.74 Å². The van der Waals surface area contributed by atoms with Crippen molar-refractivity contribution in [2.75, 3.05) is 0 Å². The highest BCUT2D eigenvalue weighted by Gasteiger charge is 2.33. The fourth-order valence-electron chi connectivity index (χ4n) is 1.91. The molecule has 17 heavy (non-hydrogen) atoms. The van der Waals surface area contributed by atoms with Crippen molar-refractivity contribution in [3.05, 3.63) is 24.0 Å². The third-order valence-electron chi connectivity index (χ3n) is 3.10. The normalized spacial score (nSPS) is 24.2. The molecular weight excluding hydrogens is 231 g/mol. The van der Waals surface area contributed by atoms with Crippen LogP contribution >= 0.6 is 0 Å². The van der Waals surface area contributed by atoms with E-state index in [-0.39, 0.29) is 6.10 Å². The van der Waals surface area contributed by atoms with E-state index in [4.69, 9.17) is 4.74 Å². The van der Waals surface area contributed by atoms with E-state index < -0.39 is 11.9 Å². The Morgan fingerprint density at radius 3 is 2.53 bits per heavy atom. The Bertz CT molecular complexity index is 368. The van der Waals surface area contributed by atoms with Crippen LogP contribution in [0.1, 0.15) is 31.9 Å². The van der Waals surface area contributed by atoms with Crippen molar-refractivity contribution in [1.82, 2.24) is 4.98 Å². The molecule has 1 heterocycles. The van der Waals surface area contributed by atoms with Gasteiger partial charge in [0.1, 0.15) is 11.4 Å². The number of hydrogen-bond donors (Lipinski definition) is 0. The summed E-state index contributed by atoms with van der Waals surface area (Å²) in [7, 11) is 0. The van der Waals surface area contributed by atoms with Gasteiger partial charge < -0.3 is 4.74 Å². The first kappa shape index (κ1) is 12.2. The fraction of sp³-hybridized carbons (Fsp3) is 0.583. The maximum atomic E-state index is 12.3. The van der Waals surface area contributed by atoms with Crippen LogP contribution in [0.25, 0.3) is 0 Å². The van der Waals surface area contributed by atoms with Gasteiger partial charge in [0.25, 0.3) is 0 Å². The van der Waals surface area contributed by atoms with Gasteiger partial charge in [0.05, 0.1) is 12.3 Å². The van der Waals surface area contributed by atoms with Gasteiger partial charge in [-0.15, -0.1) is 0 Å². The molecule has 1 saturated carbocycles. The van der Waals surface area contributed by atoms with Crippen LogP contribution in [0.5, 0.6) is 5.75 Å². The van der Waals surface area contributed by atoms with Gasteiger partial charge in [0, 0.05) is 0 Å². The number of aromatic nitrogens is 1. The van der Waals surface area contributed by atoms with Crippen LogP contribution in [-0.2, 0) is 6.18 Å². The Morgan fingerprint density at radius 2 is 2.06 bits per heavy atom. The number of ether oxygens (including phenoxy) is 1. The monoisotopic (exact) mass is 245 g/mol. The third kappa shape index (κ3) is 2.90. The zero-order valence-electron chi connectivity index (χ0n) is 9.50. The molecule has 0 N–H and O–H groups in total. The van der Waals surface area contributed by atoms with Crippen molar-refractivity contribution in [2.45, 2.75) is 38.5 Å². The van der Waals surface area contributed by atoms with E-state index in [9.17, 15) is 13.2 Å². The van der Waals surface area contributed by atoms with Crippen molar-refractivity contribution in [3.8, 4) is 5.75 Å². The molecule has 1 aromatic rings. The molecule has 0 aliphatic heterocycles. The molecule has 0 saturated heterocycles. The lowest BCUT2D eigenvalue weighted by Gasteiger charge is -2.34. The molecule has 1 aliphatic rings. The van der Waals surface area contributed by atoms with Crippen molar-refractivity contribution < 1.29 is 17.9 Å². The summed E-state index contributed by atoms with van der Waals surface area (Å²) >= 11 is 0. The minimum atomic E-state index is -4.39. The van der Waals surface area contributed by atoms with Crippen molar-refractivity contribution in [2.24, 2.45) is 5.92 Å². The average Bonchev–Trinajstić information content (AvgIpc) is 2.22. The van der Waals surface area contributed by atoms with E-state index in [0.717, 1.165) is 31.5 Å². The van der Waals surface area contributed by atoms with Crippen molar-refractivity contribution in [1.29, 1.82) is 0 Å². The molecule has 94 valence electrons. The lowest BCUT2D eigenvalue weighted by Crippen LogP contribution is -2.33. The molecule has 1 aromatic heterocycles. The van der Waals surface area contributed by atoms with Crippen LogP contribution in [0.3, 0.4) is 0 Å². The Hall–Kier alpha value is -1.26. The van der Waals surface area contributed by atoms with Gasteiger partial charge in [0.2, 0.25) is 0 Å². The molecule has 0 bridgehead atoms. The topological polar surface area (TPSA) is 22.1 Å². The molecule has 5 heteroatoms. The van der Waals surface area contributed by atoms with Crippen molar-refractivity contribution in [3.63, 3.8) is 0 Å². The van der Waals surface area contributed by atoms with Gasteiger partial charge in [-0.05, 0) is 30.9 Å². The van der Waals surface area contributed by atoms with E-state index in [0.29, 0.717) is 11.7 Å². The first-order valence-corrected chi connectivity index (χ1v) is 5.69. The number of rotatable bonds is 3. The van der Waals surface area contributed by atoms with Crippen molar-refractivity contribution >= 4 is 0 Å². The molecule has 1 aliphatic carbocycles. The summed E-state index contributed by atoms with van der Waals surface area (Å²) in [5, 5.41) is 0. The first-order chi connectivity index (χ1) is 7.99. The van der Waals surface area contributed by atoms with Gasteiger partial charge >= 0.3 is 6.18 Å². The maximum absolute atomic E-state index is 12.3. The minimum Gasteiger partial charge on any atom is -0.489 e. The van der Waals surface area contributed by atoms with E-state index in [1.807, 2.05) is 0 Å². The van der Waals surface area contributed by atoms with Crippen LogP contribution in [-0.4, -0.2) is 11.1 Å². The average molecular weight is 245 g/mol. The fourth-order valence-corrected chi connectivity index (χ4v) is 1.91. The highest BCUT2D eigenvalue weighted by molar-refractivity contribution is 5.21. The predicted octanol–water partition coefficient (Wildman–Crippen LogP) is 3.67. The lowest BCUT2D eigenvalue weighted by molar-refractivity contribution is -0.141. The number of hydrogen-bond acceptors (Lipinski definition) is 2. The zero-order valence-corrected chi connectivity index (χ0v) is 9.50. The maximum Gasteiger partial charge on any atom is 0.433 e. The number of alkyl halides is 3. The summed E-state index contributed by atoms with van der Waals surface area (Å²) < 4.78 is 42.3. The molecule has 0 aromatic carbocycles. The van der Waals surface area contributed by atoms with Gasteiger partial charge in [-0.2, -0.15) is 13.2 Å². The van der Waals surface area contributed by atoms with Crippen LogP contribution in [0.15, 0.2) is 18.3 Å². The minimum absolute atomic E-state index is 0.137. The Kier molecular flexibility index (Phi) is 3.26. The summed E-state index contributed by atoms with van der Waals surface area (Å²) in [6.45, 7) is 2.13. The molecule has 2 rings (SSSR count). The molecule has 0 amide bonds. The summed E-state index contributed by atoms with van der Waals surface area (Å²) in [6.07, 6.45) is -0.0108. The third-order valence-corrected chi connectivity index (χ3v) is 3.10. The zero-order chi connectivity index (χ0) is 12.5. The van der Waals surface area contributed by atoms with E-state index in [1.54, 1.807) is 0 Å². The van der Waals surface area contributed by atoms with Gasteiger partial charge in [0.15, 0.2) is 0 Å². The highest BCUT2D eigenvalue weighted by Crippen LogP contribution is 2.34. The highest BCUT2D eigenvalue weighted by atomic mass is 19.4. The summed E-state index contributed by atoms with van der Waals surface area (Å²) in [5.41, 5.74) is -0.884. The van der Waals surface area contributed by atoms with Crippen LogP contribution in [0.4, 0.5) is 13.2 Å². The second-order valence-corrected chi connectivity index (χ2v) is 4.36. The smallest absolute Gasteiger partial charge is 0.433 e. The quantitative estimate of drug-likeness (QED) is 0.810. The van der Waals surface area contributed by atoms with Crippen LogP contribution in [0, 0.1) is 5.92 Å². The molecule has 2 nitrogen and oxygen atoms in total. The number of halogens is 3. The van der Waals surface area contributed by atoms with Gasteiger partial charge in [-0.3, -0.25) is 0 Å². The predicted molar refractivity (Wildman–Crippen MR) is 56.7 cm³/mol. The van der Waals surface area contributed by atoms with E-state index in [2.05, 4.69) is 11.9 Å². The summed E-state index contributed by atoms with van der Waals surface area (Å²) in [6, 6.07) is 2.28. The first-order valence-electron chi connectivity index (χ1n) is 5.69. The largest absolute Gasteiger partial charge is 0.489 e. The molecule has 0 spiro atoms. The Morgan fingerprint density at radius 1 is 1.35 bits per heavy atom. The number of pyridine rings is 1. The summed E-state index contributed by atoms with van der Waals surface area (Å²) in [5.74, 6) is 1.11. The Labute approximate surface area is 97.8 Å².